The monoisotopic (exact) mass is 205 g/mol. The number of hydrogen-bond donors (Lipinski definition) is 2. The predicted molar refractivity (Wildman–Crippen MR) is 48.9 cm³/mol. The normalized spacial score (nSPS) is 8.21. The number of carbonyl (C=O) groups excluding carboxylic acids is 1. The number of nitrogens with zero attached hydrogens (tertiary/aromatic N) is 1. The Morgan fingerprint density at radius 1 is 1.00 bits per heavy atom. The van der Waals surface area contributed by atoms with Crippen molar-refractivity contribution in [1.29, 1.82) is 0 Å². The van der Waals surface area contributed by atoms with Gasteiger partial charge in [0.15, 0.2) is 0 Å². The molecule has 14 heavy (non-hydrogen) atoms. The summed E-state index contributed by atoms with van der Waals surface area (Å²) < 4.78 is 0. The minimum absolute atomic E-state index is 0.570. The Labute approximate surface area is 82.1 Å². The van der Waals surface area contributed by atoms with Crippen LogP contribution >= 0.6 is 0 Å². The van der Waals surface area contributed by atoms with Gasteiger partial charge in [-0.3, -0.25) is 14.4 Å². The third-order valence-corrected chi connectivity index (χ3v) is 1.10. The highest BCUT2D eigenvalue weighted by atomic mass is 16.4. The van der Waals surface area contributed by atoms with Crippen molar-refractivity contribution in [3.63, 3.8) is 0 Å². The summed E-state index contributed by atoms with van der Waals surface area (Å²) in [4.78, 5) is 31.6. The Morgan fingerprint density at radius 2 is 1.29 bits per heavy atom. The first-order valence-electron chi connectivity index (χ1n) is 4.12. The second-order valence-corrected chi connectivity index (χ2v) is 2.16. The van der Waals surface area contributed by atoms with E-state index in [9.17, 15) is 14.4 Å². The number of carboxylic acid groups (broad SMARTS) is 2. The van der Waals surface area contributed by atoms with Gasteiger partial charge in [0, 0.05) is 6.92 Å². The number of rotatable bonds is 4. The van der Waals surface area contributed by atoms with Gasteiger partial charge >= 0.3 is 11.9 Å². The highest BCUT2D eigenvalue weighted by molar-refractivity contribution is 5.83. The Bertz CT molecular complexity index is 198. The first-order chi connectivity index (χ1) is 6.43. The van der Waals surface area contributed by atoms with Crippen LogP contribution in [-0.4, -0.2) is 46.0 Å². The van der Waals surface area contributed by atoms with Crippen molar-refractivity contribution in [2.24, 2.45) is 0 Å². The summed E-state index contributed by atoms with van der Waals surface area (Å²) >= 11 is 0. The number of carbonyl (C=O) groups is 3. The molecule has 0 aromatic carbocycles. The Morgan fingerprint density at radius 3 is 1.43 bits per heavy atom. The van der Waals surface area contributed by atoms with Gasteiger partial charge in [-0.05, 0) is 0 Å². The fourth-order valence-corrected chi connectivity index (χ4v) is 0.605. The van der Waals surface area contributed by atoms with Crippen molar-refractivity contribution >= 4 is 17.8 Å². The van der Waals surface area contributed by atoms with E-state index in [1.54, 1.807) is 0 Å². The second kappa shape index (κ2) is 8.03. The summed E-state index contributed by atoms with van der Waals surface area (Å²) in [6, 6.07) is 0. The summed E-state index contributed by atoms with van der Waals surface area (Å²) in [7, 11) is 0. The van der Waals surface area contributed by atoms with Gasteiger partial charge in [0.2, 0.25) is 5.91 Å². The predicted octanol–water partition coefficient (Wildman–Crippen LogP) is 0.0303. The van der Waals surface area contributed by atoms with Crippen molar-refractivity contribution in [2.75, 3.05) is 13.1 Å². The largest absolute Gasteiger partial charge is 0.480 e. The van der Waals surface area contributed by atoms with Crippen LogP contribution in [0.5, 0.6) is 0 Å². The summed E-state index contributed by atoms with van der Waals surface area (Å²) in [6.07, 6.45) is 0. The number of carboxylic acids is 2. The summed E-state index contributed by atoms with van der Waals surface area (Å²) in [5.41, 5.74) is 0. The first-order valence-corrected chi connectivity index (χ1v) is 4.12. The second-order valence-electron chi connectivity index (χ2n) is 2.16. The van der Waals surface area contributed by atoms with Crippen molar-refractivity contribution in [1.82, 2.24) is 4.90 Å². The van der Waals surface area contributed by atoms with Crippen LogP contribution in [0.3, 0.4) is 0 Å². The van der Waals surface area contributed by atoms with Gasteiger partial charge in [-0.15, -0.1) is 0 Å². The van der Waals surface area contributed by atoms with E-state index in [-0.39, 0.29) is 0 Å². The maximum absolute atomic E-state index is 10.6. The maximum Gasteiger partial charge on any atom is 0.323 e. The van der Waals surface area contributed by atoms with Crippen LogP contribution in [0.15, 0.2) is 0 Å². The Balaban J connectivity index is 0. The molecular weight excluding hydrogens is 190 g/mol. The van der Waals surface area contributed by atoms with E-state index in [0.717, 1.165) is 11.8 Å². The molecule has 6 nitrogen and oxygen atoms in total. The average molecular weight is 205 g/mol. The van der Waals surface area contributed by atoms with Crippen molar-refractivity contribution in [2.45, 2.75) is 20.8 Å². The van der Waals surface area contributed by atoms with Gasteiger partial charge in [0.05, 0.1) is 0 Å². The molecule has 0 radical (unpaired) electrons. The zero-order chi connectivity index (χ0) is 11.7. The van der Waals surface area contributed by atoms with Gasteiger partial charge in [-0.1, -0.05) is 13.8 Å². The molecule has 0 saturated heterocycles. The molecule has 0 heterocycles. The van der Waals surface area contributed by atoms with Crippen LogP contribution in [-0.2, 0) is 14.4 Å². The molecule has 0 bridgehead atoms. The van der Waals surface area contributed by atoms with Gasteiger partial charge in [0.1, 0.15) is 13.1 Å². The van der Waals surface area contributed by atoms with E-state index in [1.165, 1.54) is 0 Å². The molecule has 0 fully saturated rings. The molecule has 0 saturated carbocycles. The number of hydrogen-bond acceptors (Lipinski definition) is 3. The quantitative estimate of drug-likeness (QED) is 0.675. The third-order valence-electron chi connectivity index (χ3n) is 1.10. The Kier molecular flexibility index (Phi) is 8.55. The minimum atomic E-state index is -1.23. The molecule has 0 aromatic rings. The molecule has 0 atom stereocenters. The maximum atomic E-state index is 10.6. The Hall–Kier alpha value is -1.59. The molecule has 0 unspecified atom stereocenters. The SMILES string of the molecule is CC.CC(=O)N(CC(=O)O)CC(=O)O. The van der Waals surface area contributed by atoms with E-state index >= 15 is 0 Å². The van der Waals surface area contributed by atoms with Crippen LogP contribution in [0.4, 0.5) is 0 Å². The van der Waals surface area contributed by atoms with E-state index < -0.39 is 30.9 Å². The zero-order valence-corrected chi connectivity index (χ0v) is 8.48. The zero-order valence-electron chi connectivity index (χ0n) is 8.48. The summed E-state index contributed by atoms with van der Waals surface area (Å²) in [5.74, 6) is -3.03. The lowest BCUT2D eigenvalue weighted by molar-refractivity contribution is -0.148. The number of aliphatic carboxylic acids is 2. The molecule has 0 aliphatic rings. The van der Waals surface area contributed by atoms with Gasteiger partial charge in [-0.2, -0.15) is 0 Å². The minimum Gasteiger partial charge on any atom is -0.480 e. The van der Waals surface area contributed by atoms with Crippen LogP contribution in [0.25, 0.3) is 0 Å². The average Bonchev–Trinajstić information content (AvgIpc) is 2.05. The van der Waals surface area contributed by atoms with E-state index in [1.807, 2.05) is 13.8 Å². The molecule has 0 aliphatic heterocycles. The van der Waals surface area contributed by atoms with Gasteiger partial charge in [-0.25, -0.2) is 0 Å². The molecule has 6 heteroatoms. The molecule has 0 rings (SSSR count). The van der Waals surface area contributed by atoms with Crippen molar-refractivity contribution in [3.05, 3.63) is 0 Å². The smallest absolute Gasteiger partial charge is 0.323 e. The molecule has 2 N–H and O–H groups in total. The van der Waals surface area contributed by atoms with Crippen LogP contribution in [0.2, 0.25) is 0 Å². The molecule has 0 spiro atoms. The third kappa shape index (κ3) is 8.51. The molecule has 0 aliphatic carbocycles. The standard InChI is InChI=1S/C6H9NO5.C2H6/c1-4(8)7(2-5(9)10)3-6(11)12;1-2/h2-3H2,1H3,(H,9,10)(H,11,12);1-2H3. The van der Waals surface area contributed by atoms with Crippen LogP contribution in [0, 0.1) is 0 Å². The van der Waals surface area contributed by atoms with Gasteiger partial charge < -0.3 is 15.1 Å². The summed E-state index contributed by atoms with van der Waals surface area (Å²) in [6.45, 7) is 3.95. The van der Waals surface area contributed by atoms with Crippen molar-refractivity contribution in [3.8, 4) is 0 Å². The van der Waals surface area contributed by atoms with Crippen molar-refractivity contribution < 1.29 is 24.6 Å². The lowest BCUT2D eigenvalue weighted by atomic mass is 10.4. The first kappa shape index (κ1) is 14.9. The molecule has 82 valence electrons. The molecular formula is C8H15NO5. The molecule has 1 amide bonds. The van der Waals surface area contributed by atoms with E-state index in [4.69, 9.17) is 10.2 Å². The lowest BCUT2D eigenvalue weighted by Crippen LogP contribution is -2.37. The lowest BCUT2D eigenvalue weighted by Gasteiger charge is -2.15. The van der Waals surface area contributed by atoms with E-state index in [2.05, 4.69) is 0 Å². The topological polar surface area (TPSA) is 94.9 Å². The summed E-state index contributed by atoms with van der Waals surface area (Å²) in [5, 5.41) is 16.5. The van der Waals surface area contributed by atoms with Crippen LogP contribution < -0.4 is 0 Å². The highest BCUT2D eigenvalue weighted by Gasteiger charge is 2.15. The fraction of sp³-hybridized carbons (Fsp3) is 0.625. The number of amides is 1. The fourth-order valence-electron chi connectivity index (χ4n) is 0.605. The van der Waals surface area contributed by atoms with Crippen LogP contribution in [0.1, 0.15) is 20.8 Å². The molecule has 0 aromatic heterocycles. The highest BCUT2D eigenvalue weighted by Crippen LogP contribution is 1.88. The van der Waals surface area contributed by atoms with E-state index in [0.29, 0.717) is 0 Å². The van der Waals surface area contributed by atoms with Gasteiger partial charge in [0.25, 0.3) is 0 Å².